The fourth-order valence-electron chi connectivity index (χ4n) is 2.92. The lowest BCUT2D eigenvalue weighted by Crippen LogP contribution is -2.10. The molecular formula is C22H12F4N2O3S. The first kappa shape index (κ1) is 21.6. The number of furan rings is 1. The summed E-state index contributed by atoms with van der Waals surface area (Å²) in [5.74, 6) is -2.16. The zero-order valence-electron chi connectivity index (χ0n) is 15.9. The minimum absolute atomic E-state index is 0.0313. The van der Waals surface area contributed by atoms with Crippen molar-refractivity contribution in [1.82, 2.24) is 9.97 Å². The fourth-order valence-corrected chi connectivity index (χ4v) is 3.75. The topological polar surface area (TPSA) is 76.2 Å². The Balaban J connectivity index is 1.72. The van der Waals surface area contributed by atoms with Crippen LogP contribution >= 0.6 is 11.8 Å². The van der Waals surface area contributed by atoms with E-state index < -0.39 is 29.2 Å². The number of nitrogens with zero attached hydrogens (tertiary/aromatic N) is 2. The summed E-state index contributed by atoms with van der Waals surface area (Å²) >= 11 is 0.852. The SMILES string of the molecule is O=C(O)c1cccc(-c2cccc(Sc3nc(-c4ccco4)cc(C(F)(F)F)n3)c2)c1F. The molecule has 0 aliphatic carbocycles. The molecule has 162 valence electrons. The molecule has 2 aromatic carbocycles. The van der Waals surface area contributed by atoms with Gasteiger partial charge in [0.15, 0.2) is 10.9 Å². The summed E-state index contributed by atoms with van der Waals surface area (Å²) in [7, 11) is 0. The Hall–Kier alpha value is -3.66. The fraction of sp³-hybridized carbons (Fsp3) is 0.0455. The highest BCUT2D eigenvalue weighted by Crippen LogP contribution is 2.35. The van der Waals surface area contributed by atoms with Crippen LogP contribution in [-0.4, -0.2) is 21.0 Å². The van der Waals surface area contributed by atoms with Gasteiger partial charge in [-0.05, 0) is 53.7 Å². The first-order chi connectivity index (χ1) is 15.2. The van der Waals surface area contributed by atoms with Crippen LogP contribution < -0.4 is 0 Å². The third-order valence-electron chi connectivity index (χ3n) is 4.35. The highest BCUT2D eigenvalue weighted by atomic mass is 32.2. The van der Waals surface area contributed by atoms with Crippen molar-refractivity contribution >= 4 is 17.7 Å². The van der Waals surface area contributed by atoms with Crippen molar-refractivity contribution in [2.45, 2.75) is 16.2 Å². The van der Waals surface area contributed by atoms with E-state index in [2.05, 4.69) is 9.97 Å². The summed E-state index contributed by atoms with van der Waals surface area (Å²) in [6.45, 7) is 0. The van der Waals surface area contributed by atoms with E-state index in [1.54, 1.807) is 18.2 Å². The molecule has 4 aromatic rings. The van der Waals surface area contributed by atoms with Gasteiger partial charge in [-0.3, -0.25) is 0 Å². The zero-order chi connectivity index (χ0) is 22.9. The minimum Gasteiger partial charge on any atom is -0.478 e. The number of benzene rings is 2. The van der Waals surface area contributed by atoms with E-state index in [0.717, 1.165) is 23.9 Å². The second-order valence-electron chi connectivity index (χ2n) is 6.50. The molecule has 2 heterocycles. The van der Waals surface area contributed by atoms with Crippen LogP contribution in [0.15, 0.2) is 81.4 Å². The van der Waals surface area contributed by atoms with Crippen molar-refractivity contribution in [2.24, 2.45) is 0 Å². The Bertz CT molecular complexity index is 1290. The van der Waals surface area contributed by atoms with E-state index in [-0.39, 0.29) is 22.2 Å². The molecule has 0 aliphatic heterocycles. The van der Waals surface area contributed by atoms with Crippen LogP contribution in [-0.2, 0) is 6.18 Å². The maximum atomic E-state index is 14.6. The third kappa shape index (κ3) is 4.50. The molecule has 0 saturated heterocycles. The molecule has 0 fully saturated rings. The van der Waals surface area contributed by atoms with E-state index in [1.807, 2.05) is 0 Å². The summed E-state index contributed by atoms with van der Waals surface area (Å²) < 4.78 is 59.8. The average molecular weight is 460 g/mol. The van der Waals surface area contributed by atoms with E-state index in [4.69, 9.17) is 9.52 Å². The smallest absolute Gasteiger partial charge is 0.433 e. The molecule has 0 saturated carbocycles. The monoisotopic (exact) mass is 460 g/mol. The Morgan fingerprint density at radius 2 is 1.78 bits per heavy atom. The average Bonchev–Trinajstić information content (AvgIpc) is 3.28. The van der Waals surface area contributed by atoms with Crippen LogP contribution in [0, 0.1) is 5.82 Å². The Kier molecular flexibility index (Phi) is 5.70. The van der Waals surface area contributed by atoms with E-state index in [1.165, 1.54) is 36.6 Å². The summed E-state index contributed by atoms with van der Waals surface area (Å²) in [6.07, 6.45) is -3.37. The van der Waals surface area contributed by atoms with Crippen LogP contribution in [0.5, 0.6) is 0 Å². The maximum Gasteiger partial charge on any atom is 0.433 e. The normalized spacial score (nSPS) is 11.5. The first-order valence-electron chi connectivity index (χ1n) is 9.02. The lowest BCUT2D eigenvalue weighted by atomic mass is 10.0. The Morgan fingerprint density at radius 3 is 2.47 bits per heavy atom. The van der Waals surface area contributed by atoms with Gasteiger partial charge in [0, 0.05) is 10.5 Å². The van der Waals surface area contributed by atoms with Crippen molar-refractivity contribution in [3.8, 4) is 22.6 Å². The largest absolute Gasteiger partial charge is 0.478 e. The van der Waals surface area contributed by atoms with Crippen molar-refractivity contribution in [1.29, 1.82) is 0 Å². The van der Waals surface area contributed by atoms with Gasteiger partial charge < -0.3 is 9.52 Å². The first-order valence-corrected chi connectivity index (χ1v) is 9.84. The van der Waals surface area contributed by atoms with Crippen molar-refractivity contribution in [3.05, 3.63) is 84.0 Å². The molecule has 0 aliphatic rings. The van der Waals surface area contributed by atoms with E-state index >= 15 is 0 Å². The molecule has 0 bridgehead atoms. The second kappa shape index (κ2) is 8.46. The highest BCUT2D eigenvalue weighted by Gasteiger charge is 2.34. The number of hydrogen-bond acceptors (Lipinski definition) is 5. The van der Waals surface area contributed by atoms with Gasteiger partial charge in [-0.2, -0.15) is 13.2 Å². The summed E-state index contributed by atoms with van der Waals surface area (Å²) in [5.41, 5.74) is -1.23. The van der Waals surface area contributed by atoms with Gasteiger partial charge in [0.1, 0.15) is 17.2 Å². The standard InChI is InChI=1S/C22H12F4N2O3S/c23-19-14(6-2-7-15(19)20(29)30)12-4-1-5-13(10-12)32-21-27-16(17-8-3-9-31-17)11-18(28-21)22(24,25)26/h1-11H,(H,29,30). The number of rotatable bonds is 5. The molecule has 32 heavy (non-hydrogen) atoms. The summed E-state index contributed by atoms with van der Waals surface area (Å²) in [6, 6.07) is 14.0. The molecule has 4 rings (SSSR count). The quantitative estimate of drug-likeness (QED) is 0.274. The Labute approximate surface area is 182 Å². The van der Waals surface area contributed by atoms with Crippen LogP contribution in [0.4, 0.5) is 17.6 Å². The molecule has 0 amide bonds. The van der Waals surface area contributed by atoms with Crippen molar-refractivity contribution in [2.75, 3.05) is 0 Å². The number of carboxylic acid groups (broad SMARTS) is 1. The zero-order valence-corrected chi connectivity index (χ0v) is 16.7. The van der Waals surface area contributed by atoms with Gasteiger partial charge in [0.05, 0.1) is 11.8 Å². The van der Waals surface area contributed by atoms with E-state index in [9.17, 15) is 22.4 Å². The van der Waals surface area contributed by atoms with Crippen LogP contribution in [0.3, 0.4) is 0 Å². The molecule has 0 radical (unpaired) electrons. The number of halogens is 4. The molecule has 10 heteroatoms. The lowest BCUT2D eigenvalue weighted by Gasteiger charge is -2.10. The molecule has 1 N–H and O–H groups in total. The second-order valence-corrected chi connectivity index (χ2v) is 7.54. The molecule has 0 unspecified atom stereocenters. The van der Waals surface area contributed by atoms with Crippen LogP contribution in [0.1, 0.15) is 16.1 Å². The van der Waals surface area contributed by atoms with Crippen molar-refractivity contribution < 1.29 is 31.9 Å². The lowest BCUT2D eigenvalue weighted by molar-refractivity contribution is -0.141. The summed E-state index contributed by atoms with van der Waals surface area (Å²) in [5, 5.41) is 8.94. The molecule has 5 nitrogen and oxygen atoms in total. The predicted octanol–water partition coefficient (Wildman–Crippen LogP) is 6.41. The van der Waals surface area contributed by atoms with Gasteiger partial charge in [0.25, 0.3) is 0 Å². The van der Waals surface area contributed by atoms with Gasteiger partial charge in [0.2, 0.25) is 0 Å². The number of alkyl halides is 3. The number of carboxylic acids is 1. The maximum absolute atomic E-state index is 14.6. The summed E-state index contributed by atoms with van der Waals surface area (Å²) in [4.78, 5) is 19.4. The van der Waals surface area contributed by atoms with Crippen molar-refractivity contribution in [3.63, 3.8) is 0 Å². The highest BCUT2D eigenvalue weighted by molar-refractivity contribution is 7.99. The molecule has 2 aromatic heterocycles. The molecule has 0 spiro atoms. The number of aromatic nitrogens is 2. The van der Waals surface area contributed by atoms with Gasteiger partial charge in [-0.15, -0.1) is 0 Å². The van der Waals surface area contributed by atoms with Gasteiger partial charge in [-0.25, -0.2) is 19.2 Å². The predicted molar refractivity (Wildman–Crippen MR) is 108 cm³/mol. The molecule has 0 atom stereocenters. The molecular weight excluding hydrogens is 448 g/mol. The number of carbonyl (C=O) groups is 1. The van der Waals surface area contributed by atoms with E-state index in [0.29, 0.717) is 10.5 Å². The number of hydrogen-bond donors (Lipinski definition) is 1. The van der Waals surface area contributed by atoms with Gasteiger partial charge in [-0.1, -0.05) is 24.3 Å². The number of aromatic carboxylic acids is 1. The minimum atomic E-state index is -4.69. The van der Waals surface area contributed by atoms with Gasteiger partial charge >= 0.3 is 12.1 Å². The Morgan fingerprint density at radius 1 is 1.00 bits per heavy atom. The third-order valence-corrected chi connectivity index (χ3v) is 5.21. The van der Waals surface area contributed by atoms with Crippen LogP contribution in [0.2, 0.25) is 0 Å². The van der Waals surface area contributed by atoms with Crippen LogP contribution in [0.25, 0.3) is 22.6 Å².